The molecule has 2 aromatic heterocycles. The van der Waals surface area contributed by atoms with Gasteiger partial charge in [0.2, 0.25) is 0 Å². The van der Waals surface area contributed by atoms with Crippen LogP contribution in [0, 0.1) is 11.8 Å². The molecule has 2 aliphatic rings. The maximum absolute atomic E-state index is 13.5. The van der Waals surface area contributed by atoms with E-state index in [0.29, 0.717) is 38.1 Å². The van der Waals surface area contributed by atoms with E-state index in [9.17, 15) is 9.59 Å². The van der Waals surface area contributed by atoms with E-state index in [1.165, 1.54) is 11.8 Å². The monoisotopic (exact) mass is 456 g/mol. The van der Waals surface area contributed by atoms with Crippen LogP contribution in [0.4, 0.5) is 5.82 Å². The van der Waals surface area contributed by atoms with Crippen molar-refractivity contribution in [3.8, 4) is 0 Å². The summed E-state index contributed by atoms with van der Waals surface area (Å²) in [4.78, 5) is 35.8. The van der Waals surface area contributed by atoms with Crippen molar-refractivity contribution in [3.63, 3.8) is 0 Å². The molecular weight excluding hydrogens is 428 g/mol. The molecule has 0 radical (unpaired) electrons. The topological polar surface area (TPSA) is 57.9 Å². The number of fused-ring (bicyclic) bond motifs is 1. The van der Waals surface area contributed by atoms with Crippen molar-refractivity contribution in [2.45, 2.75) is 46.6 Å². The maximum Gasteiger partial charge on any atom is 0.267 e. The Hall–Kier alpha value is -2.19. The summed E-state index contributed by atoms with van der Waals surface area (Å²) in [6.07, 6.45) is 5.40. The van der Waals surface area contributed by atoms with E-state index in [4.69, 9.17) is 17.2 Å². The number of hydrogen-bond donors (Lipinski definition) is 0. The third-order valence-corrected chi connectivity index (χ3v) is 7.38. The van der Waals surface area contributed by atoms with Gasteiger partial charge >= 0.3 is 0 Å². The third kappa shape index (κ3) is 4.15. The van der Waals surface area contributed by atoms with E-state index >= 15 is 0 Å². The predicted octanol–water partition coefficient (Wildman–Crippen LogP) is 4.18. The summed E-state index contributed by atoms with van der Waals surface area (Å²) in [5.74, 6) is 1.55. The first kappa shape index (κ1) is 22.0. The molecule has 0 bridgehead atoms. The van der Waals surface area contributed by atoms with Crippen LogP contribution in [0.3, 0.4) is 0 Å². The second-order valence-electron chi connectivity index (χ2n) is 8.74. The zero-order chi connectivity index (χ0) is 22.3. The van der Waals surface area contributed by atoms with Gasteiger partial charge in [-0.1, -0.05) is 50.8 Å². The van der Waals surface area contributed by atoms with Crippen LogP contribution in [-0.4, -0.2) is 43.6 Å². The van der Waals surface area contributed by atoms with Gasteiger partial charge in [0.25, 0.3) is 11.5 Å². The molecule has 2 saturated heterocycles. The van der Waals surface area contributed by atoms with Gasteiger partial charge in [-0.25, -0.2) is 4.98 Å². The predicted molar refractivity (Wildman–Crippen MR) is 131 cm³/mol. The number of thioether (sulfide) groups is 1. The maximum atomic E-state index is 13.5. The van der Waals surface area contributed by atoms with Gasteiger partial charge in [-0.3, -0.25) is 18.9 Å². The van der Waals surface area contributed by atoms with Gasteiger partial charge in [0.05, 0.1) is 10.5 Å². The first-order chi connectivity index (χ1) is 14.8. The molecule has 8 heteroatoms. The Morgan fingerprint density at radius 2 is 1.97 bits per heavy atom. The Kier molecular flexibility index (Phi) is 6.21. The number of carbonyl (C=O) groups excluding carboxylic acids is 1. The quantitative estimate of drug-likeness (QED) is 0.508. The summed E-state index contributed by atoms with van der Waals surface area (Å²) >= 11 is 6.74. The number of amides is 1. The van der Waals surface area contributed by atoms with Crippen molar-refractivity contribution in [1.29, 1.82) is 0 Å². The average molecular weight is 457 g/mol. The molecule has 31 heavy (non-hydrogen) atoms. The van der Waals surface area contributed by atoms with Crippen LogP contribution in [0.1, 0.15) is 46.1 Å². The highest BCUT2D eigenvalue weighted by molar-refractivity contribution is 8.26. The second kappa shape index (κ2) is 8.74. The molecule has 4 heterocycles. The minimum absolute atomic E-state index is 0.0255. The summed E-state index contributed by atoms with van der Waals surface area (Å²) in [5.41, 5.74) is 0.896. The highest BCUT2D eigenvalue weighted by Crippen LogP contribution is 2.36. The Labute approximate surface area is 192 Å². The van der Waals surface area contributed by atoms with Crippen molar-refractivity contribution in [2.24, 2.45) is 11.8 Å². The van der Waals surface area contributed by atoms with Gasteiger partial charge < -0.3 is 4.90 Å². The molecule has 3 atom stereocenters. The number of rotatable bonds is 4. The summed E-state index contributed by atoms with van der Waals surface area (Å²) in [6, 6.07) is 5.56. The molecule has 0 N–H and O–H groups in total. The number of piperidine rings is 1. The number of hydrogen-bond acceptors (Lipinski definition) is 6. The molecule has 6 nitrogen and oxygen atoms in total. The first-order valence-electron chi connectivity index (χ1n) is 10.8. The molecule has 0 saturated carbocycles. The lowest BCUT2D eigenvalue weighted by Crippen LogP contribution is -2.40. The van der Waals surface area contributed by atoms with Crippen molar-refractivity contribution < 1.29 is 4.79 Å². The van der Waals surface area contributed by atoms with Crippen LogP contribution >= 0.6 is 24.0 Å². The van der Waals surface area contributed by atoms with Crippen molar-refractivity contribution in [3.05, 3.63) is 45.2 Å². The second-order valence-corrected chi connectivity index (χ2v) is 10.4. The Morgan fingerprint density at radius 1 is 1.26 bits per heavy atom. The van der Waals surface area contributed by atoms with Crippen molar-refractivity contribution in [1.82, 2.24) is 14.3 Å². The van der Waals surface area contributed by atoms with E-state index in [2.05, 4.69) is 18.7 Å². The molecule has 0 aromatic carbocycles. The minimum Gasteiger partial charge on any atom is -0.355 e. The van der Waals surface area contributed by atoms with Crippen LogP contribution in [-0.2, 0) is 4.79 Å². The van der Waals surface area contributed by atoms with Crippen molar-refractivity contribution in [2.75, 3.05) is 18.0 Å². The van der Waals surface area contributed by atoms with Crippen LogP contribution < -0.4 is 10.5 Å². The molecular formula is C23H28N4O2S2. The van der Waals surface area contributed by atoms with E-state index < -0.39 is 0 Å². The first-order valence-corrected chi connectivity index (χ1v) is 12.1. The summed E-state index contributed by atoms with van der Waals surface area (Å²) in [7, 11) is 0. The number of nitrogens with zero attached hydrogens (tertiary/aromatic N) is 4. The third-order valence-electron chi connectivity index (χ3n) is 6.05. The molecule has 164 valence electrons. The standard InChI is InChI=1S/C23H28N4O2S2/c1-5-16(4)27-22(29)18(31-23(27)30)11-17-20(25-12-14(2)10-15(3)13-25)24-19-8-6-7-9-26(19)21(17)28/h6-9,11,14-16H,5,10,12-13H2,1-4H3/b18-11-/t14-,15+,16-/m0/s1. The molecule has 1 amide bonds. The molecule has 0 unspecified atom stereocenters. The van der Waals surface area contributed by atoms with Gasteiger partial charge in [0.15, 0.2) is 0 Å². The minimum atomic E-state index is -0.166. The van der Waals surface area contributed by atoms with Crippen LogP contribution in [0.2, 0.25) is 0 Å². The zero-order valence-corrected chi connectivity index (χ0v) is 20.0. The number of carbonyl (C=O) groups is 1. The van der Waals surface area contributed by atoms with E-state index in [1.807, 2.05) is 32.0 Å². The molecule has 2 fully saturated rings. The normalized spacial score (nSPS) is 24.5. The van der Waals surface area contributed by atoms with E-state index in [-0.39, 0.29) is 17.5 Å². The molecule has 2 aliphatic heterocycles. The highest BCUT2D eigenvalue weighted by Gasteiger charge is 2.35. The van der Waals surface area contributed by atoms with Gasteiger partial charge in [-0.2, -0.15) is 0 Å². The van der Waals surface area contributed by atoms with Gasteiger partial charge in [-0.05, 0) is 49.8 Å². The van der Waals surface area contributed by atoms with Gasteiger partial charge in [0, 0.05) is 25.3 Å². The lowest BCUT2D eigenvalue weighted by Gasteiger charge is -2.36. The number of thiocarbonyl (C=S) groups is 1. The fourth-order valence-corrected chi connectivity index (χ4v) is 5.91. The molecule has 0 aliphatic carbocycles. The van der Waals surface area contributed by atoms with Gasteiger partial charge in [0.1, 0.15) is 15.8 Å². The largest absolute Gasteiger partial charge is 0.355 e. The molecule has 2 aromatic rings. The Morgan fingerprint density at radius 3 is 2.65 bits per heavy atom. The molecule has 4 rings (SSSR count). The highest BCUT2D eigenvalue weighted by atomic mass is 32.2. The fraction of sp³-hybridized carbons (Fsp3) is 0.478. The van der Waals surface area contributed by atoms with Crippen LogP contribution in [0.25, 0.3) is 11.7 Å². The van der Waals surface area contributed by atoms with E-state index in [0.717, 1.165) is 25.9 Å². The summed E-state index contributed by atoms with van der Waals surface area (Å²) in [5, 5.41) is 0. The summed E-state index contributed by atoms with van der Waals surface area (Å²) < 4.78 is 2.09. The Bertz CT molecular complexity index is 1120. The summed E-state index contributed by atoms with van der Waals surface area (Å²) in [6.45, 7) is 10.2. The Balaban J connectivity index is 1.86. The lowest BCUT2D eigenvalue weighted by molar-refractivity contribution is -0.123. The number of pyridine rings is 1. The van der Waals surface area contributed by atoms with Crippen molar-refractivity contribution >= 4 is 51.7 Å². The number of anilines is 1. The fourth-order valence-electron chi connectivity index (χ4n) is 4.47. The number of aromatic nitrogens is 2. The van der Waals surface area contributed by atoms with E-state index in [1.54, 1.807) is 21.6 Å². The smallest absolute Gasteiger partial charge is 0.267 e. The van der Waals surface area contributed by atoms with Crippen LogP contribution in [0.15, 0.2) is 34.1 Å². The average Bonchev–Trinajstić information content (AvgIpc) is 3.01. The lowest BCUT2D eigenvalue weighted by atomic mass is 9.91. The van der Waals surface area contributed by atoms with Crippen LogP contribution in [0.5, 0.6) is 0 Å². The SMILES string of the molecule is CC[C@H](C)N1C(=O)/C(=C/c2c(N3C[C@H](C)C[C@H](C)C3)nc3ccccn3c2=O)SC1=S. The van der Waals surface area contributed by atoms with Gasteiger partial charge in [-0.15, -0.1) is 0 Å². The zero-order valence-electron chi connectivity index (χ0n) is 18.4. The molecule has 0 spiro atoms.